The molecule has 2 aromatic heterocycles. The van der Waals surface area contributed by atoms with Gasteiger partial charge in [-0.2, -0.15) is 0 Å². The molecule has 0 aliphatic carbocycles. The minimum Gasteiger partial charge on any atom is -0.497 e. The highest BCUT2D eigenvalue weighted by Crippen LogP contribution is 2.14. The van der Waals surface area contributed by atoms with Gasteiger partial charge in [-0.1, -0.05) is 0 Å². The van der Waals surface area contributed by atoms with Gasteiger partial charge in [-0.15, -0.1) is 0 Å². The Morgan fingerprint density at radius 1 is 1.33 bits per heavy atom. The van der Waals surface area contributed by atoms with Crippen LogP contribution < -0.4 is 10.3 Å². The van der Waals surface area contributed by atoms with Crippen LogP contribution in [-0.4, -0.2) is 27.7 Å². The molecule has 1 N–H and O–H groups in total. The van der Waals surface area contributed by atoms with Gasteiger partial charge >= 0.3 is 5.97 Å². The summed E-state index contributed by atoms with van der Waals surface area (Å²) in [6, 6.07) is 6.44. The van der Waals surface area contributed by atoms with E-state index in [9.17, 15) is 9.59 Å². The minimum absolute atomic E-state index is 0.198. The Kier molecular flexibility index (Phi) is 4.07. The number of carbonyl (C=O) groups is 1. The van der Waals surface area contributed by atoms with Crippen molar-refractivity contribution in [3.05, 3.63) is 57.3 Å². The van der Waals surface area contributed by atoms with Gasteiger partial charge in [0.25, 0.3) is 5.56 Å². The van der Waals surface area contributed by atoms with Gasteiger partial charge < -0.3 is 14.4 Å². The van der Waals surface area contributed by atoms with E-state index in [1.54, 1.807) is 32.2 Å². The molecular formula is C15H16N2O4. The molecule has 0 aromatic carbocycles. The maximum absolute atomic E-state index is 12.2. The number of aromatic nitrogens is 2. The second kappa shape index (κ2) is 5.78. The van der Waals surface area contributed by atoms with E-state index in [-0.39, 0.29) is 12.1 Å². The molecule has 110 valence electrons. The fourth-order valence-electron chi connectivity index (χ4n) is 2.09. The lowest BCUT2D eigenvalue weighted by Crippen LogP contribution is -2.28. The Balaban J connectivity index is 2.49. The molecule has 2 rings (SSSR count). The monoisotopic (exact) mass is 288 g/mol. The standard InChI is InChI=1S/C15H16N2O4/c1-9-6-12(21-3)7-11(16-9)8-17-10(2)4-5-13(14(17)18)15(19)20/h4-7H,8H2,1-3H3,(H,19,20). The highest BCUT2D eigenvalue weighted by molar-refractivity contribution is 5.87. The molecule has 0 saturated carbocycles. The van der Waals surface area contributed by atoms with Crippen LogP contribution in [0.2, 0.25) is 0 Å². The van der Waals surface area contributed by atoms with Crippen molar-refractivity contribution in [2.24, 2.45) is 0 Å². The van der Waals surface area contributed by atoms with Crippen molar-refractivity contribution in [3.8, 4) is 5.75 Å². The molecule has 0 atom stereocenters. The van der Waals surface area contributed by atoms with Gasteiger partial charge in [0.05, 0.1) is 19.3 Å². The Labute approximate surface area is 121 Å². The molecule has 0 aliphatic heterocycles. The zero-order valence-electron chi connectivity index (χ0n) is 12.1. The first-order chi connectivity index (χ1) is 9.92. The van der Waals surface area contributed by atoms with Crippen LogP contribution in [0.15, 0.2) is 29.1 Å². The molecule has 0 unspecified atom stereocenters. The van der Waals surface area contributed by atoms with Crippen LogP contribution in [0.1, 0.15) is 27.4 Å². The molecular weight excluding hydrogens is 272 g/mol. The number of ether oxygens (including phenoxy) is 1. The van der Waals surface area contributed by atoms with Crippen LogP contribution in [0.5, 0.6) is 5.75 Å². The summed E-state index contributed by atoms with van der Waals surface area (Å²) < 4.78 is 6.57. The zero-order valence-corrected chi connectivity index (χ0v) is 12.1. The lowest BCUT2D eigenvalue weighted by Gasteiger charge is -2.12. The van der Waals surface area contributed by atoms with Crippen molar-refractivity contribution in [1.29, 1.82) is 0 Å². The minimum atomic E-state index is -1.23. The highest BCUT2D eigenvalue weighted by Gasteiger charge is 2.13. The quantitative estimate of drug-likeness (QED) is 0.924. The molecule has 0 aliphatic rings. The first-order valence-electron chi connectivity index (χ1n) is 6.37. The van der Waals surface area contributed by atoms with E-state index in [0.29, 0.717) is 17.1 Å². The molecule has 0 amide bonds. The summed E-state index contributed by atoms with van der Waals surface area (Å²) in [4.78, 5) is 27.6. The number of aryl methyl sites for hydroxylation is 2. The van der Waals surface area contributed by atoms with Crippen molar-refractivity contribution >= 4 is 5.97 Å². The lowest BCUT2D eigenvalue weighted by atomic mass is 10.2. The van der Waals surface area contributed by atoms with Crippen molar-refractivity contribution in [2.75, 3.05) is 7.11 Å². The smallest absolute Gasteiger partial charge is 0.341 e. The number of carboxylic acid groups (broad SMARTS) is 1. The average Bonchev–Trinajstić information content (AvgIpc) is 2.42. The molecule has 0 bridgehead atoms. The zero-order chi connectivity index (χ0) is 15.6. The molecule has 2 aromatic rings. The third-order valence-corrected chi connectivity index (χ3v) is 3.16. The van der Waals surface area contributed by atoms with Gasteiger partial charge in [-0.3, -0.25) is 9.78 Å². The summed E-state index contributed by atoms with van der Waals surface area (Å²) in [6.45, 7) is 3.78. The number of hydrogen-bond acceptors (Lipinski definition) is 4. The van der Waals surface area contributed by atoms with E-state index in [0.717, 1.165) is 5.69 Å². The van der Waals surface area contributed by atoms with E-state index in [1.165, 1.54) is 10.6 Å². The summed E-state index contributed by atoms with van der Waals surface area (Å²) >= 11 is 0. The summed E-state index contributed by atoms with van der Waals surface area (Å²) in [7, 11) is 1.56. The molecule has 0 spiro atoms. The number of aromatic carboxylic acids is 1. The van der Waals surface area contributed by atoms with Crippen molar-refractivity contribution in [3.63, 3.8) is 0 Å². The van der Waals surface area contributed by atoms with Crippen molar-refractivity contribution < 1.29 is 14.6 Å². The third kappa shape index (κ3) is 3.10. The van der Waals surface area contributed by atoms with Crippen LogP contribution in [0.3, 0.4) is 0 Å². The number of nitrogens with zero attached hydrogens (tertiary/aromatic N) is 2. The molecule has 2 heterocycles. The number of carboxylic acids is 1. The molecule has 6 nitrogen and oxygen atoms in total. The van der Waals surface area contributed by atoms with Crippen molar-refractivity contribution in [1.82, 2.24) is 9.55 Å². The average molecular weight is 288 g/mol. The SMILES string of the molecule is COc1cc(C)nc(Cn2c(C)ccc(C(=O)O)c2=O)c1. The lowest BCUT2D eigenvalue weighted by molar-refractivity contribution is 0.0694. The third-order valence-electron chi connectivity index (χ3n) is 3.16. The summed E-state index contributed by atoms with van der Waals surface area (Å²) in [5.41, 5.74) is 1.29. The molecule has 6 heteroatoms. The van der Waals surface area contributed by atoms with Crippen LogP contribution in [0.25, 0.3) is 0 Å². The van der Waals surface area contributed by atoms with E-state index in [2.05, 4.69) is 4.98 Å². The van der Waals surface area contributed by atoms with Gasteiger partial charge in [0.1, 0.15) is 11.3 Å². The van der Waals surface area contributed by atoms with E-state index < -0.39 is 11.5 Å². The molecule has 0 radical (unpaired) electrons. The largest absolute Gasteiger partial charge is 0.497 e. The summed E-state index contributed by atoms with van der Waals surface area (Å²) in [5, 5.41) is 9.02. The maximum atomic E-state index is 12.2. The second-order valence-electron chi connectivity index (χ2n) is 4.72. The maximum Gasteiger partial charge on any atom is 0.341 e. The number of pyridine rings is 2. The first kappa shape index (κ1) is 14.8. The Morgan fingerprint density at radius 2 is 2.05 bits per heavy atom. The fourth-order valence-corrected chi connectivity index (χ4v) is 2.09. The van der Waals surface area contributed by atoms with Crippen LogP contribution in [0.4, 0.5) is 0 Å². The van der Waals surface area contributed by atoms with Gasteiger partial charge in [0.15, 0.2) is 0 Å². The first-order valence-corrected chi connectivity index (χ1v) is 6.37. The number of hydrogen-bond donors (Lipinski definition) is 1. The van der Waals surface area contributed by atoms with Gasteiger partial charge in [-0.25, -0.2) is 4.79 Å². The van der Waals surface area contributed by atoms with Crippen LogP contribution in [-0.2, 0) is 6.54 Å². The van der Waals surface area contributed by atoms with Crippen LogP contribution >= 0.6 is 0 Å². The number of rotatable bonds is 4. The highest BCUT2D eigenvalue weighted by atomic mass is 16.5. The molecule has 21 heavy (non-hydrogen) atoms. The van der Waals surface area contributed by atoms with E-state index in [4.69, 9.17) is 9.84 Å². The van der Waals surface area contributed by atoms with E-state index >= 15 is 0 Å². The fraction of sp³-hybridized carbons (Fsp3) is 0.267. The molecule has 0 fully saturated rings. The Bertz CT molecular complexity index is 750. The summed E-state index contributed by atoms with van der Waals surface area (Å²) in [5.74, 6) is -0.582. The molecule has 0 saturated heterocycles. The predicted molar refractivity (Wildman–Crippen MR) is 77.0 cm³/mol. The Hall–Kier alpha value is -2.63. The second-order valence-corrected chi connectivity index (χ2v) is 4.72. The van der Waals surface area contributed by atoms with Crippen LogP contribution in [0, 0.1) is 13.8 Å². The normalized spacial score (nSPS) is 10.4. The van der Waals surface area contributed by atoms with Gasteiger partial charge in [0.2, 0.25) is 0 Å². The predicted octanol–water partition coefficient (Wildman–Crippen LogP) is 1.62. The Morgan fingerprint density at radius 3 is 2.67 bits per heavy atom. The summed E-state index contributed by atoms with van der Waals surface area (Å²) in [6.07, 6.45) is 0. The van der Waals surface area contributed by atoms with Gasteiger partial charge in [0, 0.05) is 23.5 Å². The van der Waals surface area contributed by atoms with Gasteiger partial charge in [-0.05, 0) is 26.0 Å². The number of methoxy groups -OCH3 is 1. The van der Waals surface area contributed by atoms with Crippen molar-refractivity contribution in [2.45, 2.75) is 20.4 Å². The topological polar surface area (TPSA) is 81.4 Å². The van der Waals surface area contributed by atoms with E-state index in [1.807, 2.05) is 6.92 Å².